The Bertz CT molecular complexity index is 689. The van der Waals surface area contributed by atoms with Gasteiger partial charge in [-0.3, -0.25) is 9.59 Å². The van der Waals surface area contributed by atoms with E-state index < -0.39 is 15.9 Å². The Balaban J connectivity index is 2.91. The second kappa shape index (κ2) is 8.28. The molecule has 0 aromatic heterocycles. The Morgan fingerprint density at radius 1 is 1.22 bits per heavy atom. The first-order valence-electron chi connectivity index (χ1n) is 6.97. The lowest BCUT2D eigenvalue weighted by Gasteiger charge is -2.13. The quantitative estimate of drug-likeness (QED) is 0.752. The van der Waals surface area contributed by atoms with Gasteiger partial charge in [0, 0.05) is 20.6 Å². The minimum atomic E-state index is -3.68. The summed E-state index contributed by atoms with van der Waals surface area (Å²) < 4.78 is 25.2. The summed E-state index contributed by atoms with van der Waals surface area (Å²) in [6.45, 7) is 2.22. The highest BCUT2D eigenvalue weighted by Crippen LogP contribution is 2.22. The second-order valence-electron chi connectivity index (χ2n) is 4.96. The van der Waals surface area contributed by atoms with Gasteiger partial charge in [-0.15, -0.1) is 0 Å². The molecule has 1 rings (SSSR count). The Morgan fingerprint density at radius 3 is 2.43 bits per heavy atom. The largest absolute Gasteiger partial charge is 0.355 e. The number of nitrogens with one attached hydrogen (secondary N) is 2. The third kappa shape index (κ3) is 5.19. The number of benzene rings is 1. The van der Waals surface area contributed by atoms with Gasteiger partial charge in [0.1, 0.15) is 0 Å². The minimum Gasteiger partial charge on any atom is -0.355 e. The lowest BCUT2D eigenvalue weighted by Crippen LogP contribution is -2.37. The van der Waals surface area contributed by atoms with Crippen LogP contribution in [0.2, 0.25) is 5.02 Å². The fraction of sp³-hybridized carbons (Fsp3) is 0.429. The summed E-state index contributed by atoms with van der Waals surface area (Å²) in [7, 11) is -0.896. The van der Waals surface area contributed by atoms with Gasteiger partial charge in [-0.2, -0.15) is 0 Å². The Kier molecular flexibility index (Phi) is 6.99. The summed E-state index contributed by atoms with van der Waals surface area (Å²) in [4.78, 5) is 23.5. The summed E-state index contributed by atoms with van der Waals surface area (Å²) in [6.07, 6.45) is 0.788. The van der Waals surface area contributed by atoms with Crippen molar-refractivity contribution in [2.45, 2.75) is 18.2 Å². The van der Waals surface area contributed by atoms with Gasteiger partial charge in [-0.25, -0.2) is 12.7 Å². The molecule has 0 fully saturated rings. The monoisotopic (exact) mass is 361 g/mol. The Morgan fingerprint density at radius 2 is 1.87 bits per heavy atom. The van der Waals surface area contributed by atoms with E-state index in [1.165, 1.54) is 32.3 Å². The number of carbonyl (C=O) groups excluding carboxylic acids is 2. The molecular formula is C14H20ClN3O4S. The summed E-state index contributed by atoms with van der Waals surface area (Å²) in [5.74, 6) is -0.939. The first kappa shape index (κ1) is 19.4. The predicted octanol–water partition coefficient (Wildman–Crippen LogP) is 0.846. The maximum atomic E-state index is 12.1. The van der Waals surface area contributed by atoms with Gasteiger partial charge in [0.2, 0.25) is 15.9 Å². The fourth-order valence-electron chi connectivity index (χ4n) is 1.63. The third-order valence-electron chi connectivity index (χ3n) is 2.94. The molecular weight excluding hydrogens is 342 g/mol. The molecule has 0 aliphatic carbocycles. The molecule has 9 heteroatoms. The summed E-state index contributed by atoms with van der Waals surface area (Å²) in [5, 5.41) is 5.13. The molecule has 0 spiro atoms. The second-order valence-corrected chi connectivity index (χ2v) is 7.52. The molecule has 23 heavy (non-hydrogen) atoms. The third-order valence-corrected chi connectivity index (χ3v) is 5.08. The molecule has 2 N–H and O–H groups in total. The summed E-state index contributed by atoms with van der Waals surface area (Å²) in [5.41, 5.74) is -0.00196. The van der Waals surface area contributed by atoms with Crippen LogP contribution in [0.4, 0.5) is 0 Å². The van der Waals surface area contributed by atoms with Crippen molar-refractivity contribution in [1.29, 1.82) is 0 Å². The van der Waals surface area contributed by atoms with Gasteiger partial charge in [0.05, 0.1) is 22.0 Å². The molecule has 0 saturated heterocycles. The van der Waals surface area contributed by atoms with E-state index in [9.17, 15) is 18.0 Å². The molecule has 0 heterocycles. The van der Waals surface area contributed by atoms with Crippen molar-refractivity contribution >= 4 is 33.4 Å². The van der Waals surface area contributed by atoms with Crippen molar-refractivity contribution < 1.29 is 18.0 Å². The molecule has 2 amide bonds. The van der Waals surface area contributed by atoms with E-state index in [0.717, 1.165) is 10.7 Å². The van der Waals surface area contributed by atoms with E-state index in [1.807, 2.05) is 6.92 Å². The van der Waals surface area contributed by atoms with Gasteiger partial charge < -0.3 is 10.6 Å². The zero-order valence-corrected chi connectivity index (χ0v) is 14.8. The van der Waals surface area contributed by atoms with Crippen LogP contribution in [0.15, 0.2) is 23.1 Å². The van der Waals surface area contributed by atoms with Crippen molar-refractivity contribution in [2.24, 2.45) is 0 Å². The number of carbonyl (C=O) groups is 2. The van der Waals surface area contributed by atoms with Crippen LogP contribution in [0.25, 0.3) is 0 Å². The van der Waals surface area contributed by atoms with Gasteiger partial charge >= 0.3 is 0 Å². The van der Waals surface area contributed by atoms with E-state index in [2.05, 4.69) is 10.6 Å². The number of amides is 2. The Labute approximate surface area is 141 Å². The van der Waals surface area contributed by atoms with Crippen molar-refractivity contribution in [3.63, 3.8) is 0 Å². The van der Waals surface area contributed by atoms with Crippen LogP contribution in [0.1, 0.15) is 23.7 Å². The van der Waals surface area contributed by atoms with Gasteiger partial charge in [-0.05, 0) is 24.6 Å². The number of hydrogen-bond acceptors (Lipinski definition) is 4. The summed E-state index contributed by atoms with van der Waals surface area (Å²) in [6, 6.07) is 3.85. The fourth-order valence-corrected chi connectivity index (χ4v) is 2.76. The van der Waals surface area contributed by atoms with Gasteiger partial charge in [0.25, 0.3) is 5.91 Å². The maximum Gasteiger partial charge on any atom is 0.253 e. The minimum absolute atomic E-state index is 0.00196. The van der Waals surface area contributed by atoms with Crippen LogP contribution in [0.5, 0.6) is 0 Å². The maximum absolute atomic E-state index is 12.1. The number of sulfonamides is 1. The molecule has 0 aliphatic rings. The molecule has 0 saturated carbocycles. The van der Waals surface area contributed by atoms with E-state index >= 15 is 0 Å². The highest BCUT2D eigenvalue weighted by atomic mass is 35.5. The highest BCUT2D eigenvalue weighted by molar-refractivity contribution is 7.89. The lowest BCUT2D eigenvalue weighted by molar-refractivity contribution is -0.120. The van der Waals surface area contributed by atoms with Crippen LogP contribution < -0.4 is 10.6 Å². The topological polar surface area (TPSA) is 95.6 Å². The first-order chi connectivity index (χ1) is 10.7. The van der Waals surface area contributed by atoms with Crippen molar-refractivity contribution in [3.8, 4) is 0 Å². The molecule has 1 aromatic carbocycles. The smallest absolute Gasteiger partial charge is 0.253 e. The molecule has 0 radical (unpaired) electrons. The SMILES string of the molecule is CCCNC(=O)CNC(=O)c1cc(S(=O)(=O)N(C)C)ccc1Cl. The van der Waals surface area contributed by atoms with Crippen molar-refractivity contribution in [1.82, 2.24) is 14.9 Å². The molecule has 0 unspecified atom stereocenters. The van der Waals surface area contributed by atoms with Gasteiger partial charge in [0.15, 0.2) is 0 Å². The predicted molar refractivity (Wildman–Crippen MR) is 88.0 cm³/mol. The van der Waals surface area contributed by atoms with Crippen LogP contribution >= 0.6 is 11.6 Å². The number of rotatable bonds is 7. The van der Waals surface area contributed by atoms with Crippen LogP contribution in [0.3, 0.4) is 0 Å². The lowest BCUT2D eigenvalue weighted by atomic mass is 10.2. The first-order valence-corrected chi connectivity index (χ1v) is 8.79. The zero-order chi connectivity index (χ0) is 17.6. The van der Waals surface area contributed by atoms with E-state index in [0.29, 0.717) is 6.54 Å². The molecule has 0 aliphatic heterocycles. The van der Waals surface area contributed by atoms with Crippen LogP contribution in [-0.2, 0) is 14.8 Å². The van der Waals surface area contributed by atoms with Crippen molar-refractivity contribution in [2.75, 3.05) is 27.2 Å². The average Bonchev–Trinajstić information content (AvgIpc) is 2.50. The van der Waals surface area contributed by atoms with Crippen LogP contribution in [-0.4, -0.2) is 51.7 Å². The Hall–Kier alpha value is -1.64. The molecule has 7 nitrogen and oxygen atoms in total. The number of nitrogens with zero attached hydrogens (tertiary/aromatic N) is 1. The zero-order valence-electron chi connectivity index (χ0n) is 13.2. The van der Waals surface area contributed by atoms with Gasteiger partial charge in [-0.1, -0.05) is 18.5 Å². The average molecular weight is 362 g/mol. The highest BCUT2D eigenvalue weighted by Gasteiger charge is 2.20. The standard InChI is InChI=1S/C14H20ClN3O4S/c1-4-7-16-13(19)9-17-14(20)11-8-10(5-6-12(11)15)23(21,22)18(2)3/h5-6,8H,4,7,9H2,1-3H3,(H,16,19)(H,17,20). The number of hydrogen-bond donors (Lipinski definition) is 2. The molecule has 128 valence electrons. The van der Waals surface area contributed by atoms with E-state index in [4.69, 9.17) is 11.6 Å². The van der Waals surface area contributed by atoms with Crippen LogP contribution in [0, 0.1) is 0 Å². The molecule has 1 aromatic rings. The van der Waals surface area contributed by atoms with Crippen molar-refractivity contribution in [3.05, 3.63) is 28.8 Å². The summed E-state index contributed by atoms with van der Waals surface area (Å²) >= 11 is 5.95. The normalized spacial score (nSPS) is 11.3. The van der Waals surface area contributed by atoms with E-state index in [1.54, 1.807) is 0 Å². The molecule has 0 atom stereocenters. The molecule has 0 bridgehead atoms. The number of halogens is 1. The van der Waals surface area contributed by atoms with E-state index in [-0.39, 0.29) is 27.9 Å².